The minimum Gasteiger partial charge on any atom is -0.456 e. The van der Waals surface area contributed by atoms with Crippen LogP contribution in [0.15, 0.2) is 66.7 Å². The Labute approximate surface area is 188 Å². The van der Waals surface area contributed by atoms with Crippen LogP contribution in [0.25, 0.3) is 0 Å². The lowest BCUT2D eigenvalue weighted by molar-refractivity contribution is -0.119. The molecule has 0 radical (unpaired) electrons. The van der Waals surface area contributed by atoms with Gasteiger partial charge in [-0.3, -0.25) is 19.3 Å². The number of fused-ring (bicyclic) bond motifs is 1. The molecule has 4 rings (SSSR count). The number of carbonyl (C=O) groups is 3. The molecule has 1 heterocycles. The molecule has 156 valence electrons. The average molecular weight is 455 g/mol. The fourth-order valence-corrected chi connectivity index (χ4v) is 3.66. The van der Waals surface area contributed by atoms with Crippen LogP contribution in [0.2, 0.25) is 10.0 Å². The lowest BCUT2D eigenvalue weighted by atomic mass is 10.1. The highest BCUT2D eigenvalue weighted by atomic mass is 35.5. The van der Waals surface area contributed by atoms with Crippen molar-refractivity contribution >= 4 is 46.6 Å². The first-order valence-electron chi connectivity index (χ1n) is 9.36. The van der Waals surface area contributed by atoms with Gasteiger partial charge < -0.3 is 10.1 Å². The van der Waals surface area contributed by atoms with Crippen molar-refractivity contribution in [2.24, 2.45) is 0 Å². The molecule has 3 aromatic rings. The summed E-state index contributed by atoms with van der Waals surface area (Å²) < 4.78 is 5.72. The second-order valence-electron chi connectivity index (χ2n) is 6.89. The van der Waals surface area contributed by atoms with Gasteiger partial charge in [-0.25, -0.2) is 0 Å². The lowest BCUT2D eigenvalue weighted by Gasteiger charge is -2.21. The van der Waals surface area contributed by atoms with E-state index in [9.17, 15) is 14.4 Å². The Bertz CT molecular complexity index is 1160. The number of hydrogen-bond donors (Lipinski definition) is 1. The molecule has 1 N–H and O–H groups in total. The zero-order valence-corrected chi connectivity index (χ0v) is 17.8. The van der Waals surface area contributed by atoms with E-state index in [1.165, 1.54) is 6.92 Å². The van der Waals surface area contributed by atoms with Gasteiger partial charge in [0.25, 0.3) is 11.8 Å². The maximum Gasteiger partial charge on any atom is 0.262 e. The topological polar surface area (TPSA) is 75.7 Å². The molecular formula is C23H16Cl2N2O4. The van der Waals surface area contributed by atoms with Crippen LogP contribution >= 0.6 is 23.2 Å². The normalized spacial score (nSPS) is 13.7. The Balaban J connectivity index is 1.43. The number of carbonyl (C=O) groups excluding carboxylic acids is 3. The van der Waals surface area contributed by atoms with Crippen LogP contribution in [-0.4, -0.2) is 28.7 Å². The third-order valence-electron chi connectivity index (χ3n) is 4.84. The van der Waals surface area contributed by atoms with E-state index in [4.69, 9.17) is 27.9 Å². The smallest absolute Gasteiger partial charge is 0.262 e. The summed E-state index contributed by atoms with van der Waals surface area (Å²) >= 11 is 12.0. The van der Waals surface area contributed by atoms with Crippen molar-refractivity contribution in [3.8, 4) is 11.5 Å². The van der Waals surface area contributed by atoms with E-state index < -0.39 is 23.8 Å². The number of anilines is 1. The number of imide groups is 1. The van der Waals surface area contributed by atoms with E-state index in [2.05, 4.69) is 5.32 Å². The zero-order valence-electron chi connectivity index (χ0n) is 16.3. The number of amides is 3. The lowest BCUT2D eigenvalue weighted by Crippen LogP contribution is -2.45. The van der Waals surface area contributed by atoms with Crippen LogP contribution in [0, 0.1) is 0 Å². The first-order valence-corrected chi connectivity index (χ1v) is 10.1. The molecule has 3 aromatic carbocycles. The molecule has 3 amide bonds. The first kappa shape index (κ1) is 20.9. The fraction of sp³-hybridized carbons (Fsp3) is 0.0870. The molecule has 0 saturated heterocycles. The molecule has 31 heavy (non-hydrogen) atoms. The highest BCUT2D eigenvalue weighted by Gasteiger charge is 2.40. The fourth-order valence-electron chi connectivity index (χ4n) is 3.21. The van der Waals surface area contributed by atoms with Gasteiger partial charge in [0.1, 0.15) is 17.5 Å². The molecule has 0 bridgehead atoms. The van der Waals surface area contributed by atoms with E-state index in [-0.39, 0.29) is 0 Å². The molecule has 8 heteroatoms. The summed E-state index contributed by atoms with van der Waals surface area (Å²) in [5.41, 5.74) is 1.09. The Hall–Kier alpha value is -3.35. The summed E-state index contributed by atoms with van der Waals surface area (Å²) in [5.74, 6) is -0.486. The molecule has 0 spiro atoms. The number of ether oxygens (including phenoxy) is 1. The third-order valence-corrected chi connectivity index (χ3v) is 5.37. The maximum absolute atomic E-state index is 12.7. The van der Waals surface area contributed by atoms with Gasteiger partial charge in [-0.15, -0.1) is 0 Å². The minimum absolute atomic E-state index is 0.300. The maximum atomic E-state index is 12.7. The first-order chi connectivity index (χ1) is 14.8. The van der Waals surface area contributed by atoms with Crippen molar-refractivity contribution in [1.29, 1.82) is 0 Å². The van der Waals surface area contributed by atoms with Gasteiger partial charge in [-0.1, -0.05) is 35.3 Å². The second-order valence-corrected chi connectivity index (χ2v) is 7.74. The number of halogens is 2. The van der Waals surface area contributed by atoms with Crippen LogP contribution in [0.3, 0.4) is 0 Å². The Morgan fingerprint density at radius 3 is 2.13 bits per heavy atom. The van der Waals surface area contributed by atoms with Gasteiger partial charge in [0.15, 0.2) is 0 Å². The summed E-state index contributed by atoms with van der Waals surface area (Å²) in [5, 5.41) is 3.59. The van der Waals surface area contributed by atoms with Crippen molar-refractivity contribution in [2.75, 3.05) is 5.32 Å². The molecule has 6 nitrogen and oxygen atoms in total. The Kier molecular flexibility index (Phi) is 5.67. The van der Waals surface area contributed by atoms with E-state index >= 15 is 0 Å². The molecule has 1 atom stereocenters. The van der Waals surface area contributed by atoms with Crippen LogP contribution in [0.4, 0.5) is 5.69 Å². The molecule has 0 saturated carbocycles. The largest absolute Gasteiger partial charge is 0.456 e. The monoisotopic (exact) mass is 454 g/mol. The van der Waals surface area contributed by atoms with Crippen molar-refractivity contribution in [3.63, 3.8) is 0 Å². The molecule has 0 aromatic heterocycles. The van der Waals surface area contributed by atoms with Crippen molar-refractivity contribution in [3.05, 3.63) is 87.9 Å². The van der Waals surface area contributed by atoms with Crippen LogP contribution in [0.5, 0.6) is 11.5 Å². The summed E-state index contributed by atoms with van der Waals surface area (Å²) in [4.78, 5) is 38.8. The van der Waals surface area contributed by atoms with Crippen LogP contribution in [0.1, 0.15) is 27.6 Å². The van der Waals surface area contributed by atoms with E-state index in [0.29, 0.717) is 38.4 Å². The molecule has 1 aliphatic heterocycles. The SMILES string of the molecule is C[C@@H](C(=O)Nc1ccc(Oc2ccc(Cl)cc2Cl)cc1)N1C(=O)c2ccccc2C1=O. The average Bonchev–Trinajstić information content (AvgIpc) is 3.01. The standard InChI is InChI=1S/C23H16Cl2N2O4/c1-13(27-22(29)17-4-2-3-5-18(17)23(27)30)21(28)26-15-7-9-16(10-8-15)31-20-11-6-14(24)12-19(20)25/h2-13H,1H3,(H,26,28)/t13-/m0/s1. The minimum atomic E-state index is -0.976. The van der Waals surface area contributed by atoms with Gasteiger partial charge in [0.2, 0.25) is 5.91 Å². The van der Waals surface area contributed by atoms with E-state index in [1.807, 2.05) is 0 Å². The molecular weight excluding hydrogens is 439 g/mol. The van der Waals surface area contributed by atoms with Crippen molar-refractivity contribution in [1.82, 2.24) is 4.90 Å². The van der Waals surface area contributed by atoms with E-state index in [1.54, 1.807) is 66.7 Å². The molecule has 0 unspecified atom stereocenters. The van der Waals surface area contributed by atoms with Gasteiger partial charge in [-0.05, 0) is 61.5 Å². The third kappa shape index (κ3) is 4.13. The second kappa shape index (κ2) is 8.41. The van der Waals surface area contributed by atoms with Gasteiger partial charge >= 0.3 is 0 Å². The molecule has 1 aliphatic rings. The van der Waals surface area contributed by atoms with Gasteiger partial charge in [-0.2, -0.15) is 0 Å². The summed E-state index contributed by atoms with van der Waals surface area (Å²) in [6.07, 6.45) is 0. The zero-order chi connectivity index (χ0) is 22.1. The number of hydrogen-bond acceptors (Lipinski definition) is 4. The van der Waals surface area contributed by atoms with Crippen molar-refractivity contribution in [2.45, 2.75) is 13.0 Å². The molecule has 0 fully saturated rings. The number of nitrogens with one attached hydrogen (secondary N) is 1. The van der Waals surface area contributed by atoms with Gasteiger partial charge in [0.05, 0.1) is 16.1 Å². The highest BCUT2D eigenvalue weighted by molar-refractivity contribution is 6.35. The number of nitrogens with zero attached hydrogens (tertiary/aromatic N) is 1. The quantitative estimate of drug-likeness (QED) is 0.522. The summed E-state index contributed by atoms with van der Waals surface area (Å²) in [6.45, 7) is 1.51. The highest BCUT2D eigenvalue weighted by Crippen LogP contribution is 2.32. The van der Waals surface area contributed by atoms with Gasteiger partial charge in [0, 0.05) is 10.7 Å². The van der Waals surface area contributed by atoms with Crippen LogP contribution < -0.4 is 10.1 Å². The Morgan fingerprint density at radius 1 is 0.935 bits per heavy atom. The number of benzene rings is 3. The number of rotatable bonds is 5. The predicted octanol–water partition coefficient (Wildman–Crippen LogP) is 5.41. The summed E-state index contributed by atoms with van der Waals surface area (Å²) in [7, 11) is 0. The molecule has 0 aliphatic carbocycles. The summed E-state index contributed by atoms with van der Waals surface area (Å²) in [6, 6.07) is 17.0. The van der Waals surface area contributed by atoms with Crippen molar-refractivity contribution < 1.29 is 19.1 Å². The Morgan fingerprint density at radius 2 is 1.55 bits per heavy atom. The van der Waals surface area contributed by atoms with E-state index in [0.717, 1.165) is 4.90 Å². The van der Waals surface area contributed by atoms with Crippen LogP contribution in [-0.2, 0) is 4.79 Å². The predicted molar refractivity (Wildman–Crippen MR) is 118 cm³/mol.